The van der Waals surface area contributed by atoms with E-state index >= 15 is 0 Å². The second kappa shape index (κ2) is 5.88. The number of rotatable bonds is 5. The maximum Gasteiger partial charge on any atom is 0.419 e. The summed E-state index contributed by atoms with van der Waals surface area (Å²) in [4.78, 5) is 0. The molecule has 1 aromatic rings. The summed E-state index contributed by atoms with van der Waals surface area (Å²) >= 11 is 0. The summed E-state index contributed by atoms with van der Waals surface area (Å²) in [7, 11) is 1.43. The first-order valence-electron chi connectivity index (χ1n) is 5.01. The van der Waals surface area contributed by atoms with Crippen molar-refractivity contribution in [1.82, 2.24) is 0 Å². The number of ether oxygens (including phenoxy) is 2. The summed E-state index contributed by atoms with van der Waals surface area (Å²) in [6.45, 7) is 0.225. The molecular weight excluding hydrogens is 235 g/mol. The summed E-state index contributed by atoms with van der Waals surface area (Å²) < 4.78 is 47.9. The van der Waals surface area contributed by atoms with E-state index in [0.29, 0.717) is 0 Å². The van der Waals surface area contributed by atoms with Crippen molar-refractivity contribution >= 4 is 0 Å². The Morgan fingerprint density at radius 1 is 1.29 bits per heavy atom. The number of benzene rings is 1. The van der Waals surface area contributed by atoms with Gasteiger partial charge in [-0.2, -0.15) is 13.2 Å². The molecule has 1 rings (SSSR count). The first-order valence-corrected chi connectivity index (χ1v) is 5.01. The van der Waals surface area contributed by atoms with Gasteiger partial charge in [-0.15, -0.1) is 0 Å². The minimum Gasteiger partial charge on any atom is -0.486 e. The predicted octanol–water partition coefficient (Wildman–Crippen LogP) is 2.06. The zero-order chi connectivity index (χ0) is 12.9. The van der Waals surface area contributed by atoms with Crippen molar-refractivity contribution in [2.24, 2.45) is 5.73 Å². The van der Waals surface area contributed by atoms with E-state index in [1.807, 2.05) is 0 Å². The summed E-state index contributed by atoms with van der Waals surface area (Å²) in [5.74, 6) is -0.229. The van der Waals surface area contributed by atoms with Crippen LogP contribution in [0.5, 0.6) is 5.75 Å². The molecule has 0 aliphatic heterocycles. The molecule has 96 valence electrons. The average molecular weight is 249 g/mol. The van der Waals surface area contributed by atoms with Gasteiger partial charge in [0.15, 0.2) is 0 Å². The molecule has 0 saturated heterocycles. The highest BCUT2D eigenvalue weighted by molar-refractivity contribution is 5.35. The highest BCUT2D eigenvalue weighted by Gasteiger charge is 2.34. The maximum atomic E-state index is 12.6. The largest absolute Gasteiger partial charge is 0.486 e. The van der Waals surface area contributed by atoms with Crippen LogP contribution < -0.4 is 10.5 Å². The van der Waals surface area contributed by atoms with Gasteiger partial charge in [0.1, 0.15) is 11.9 Å². The number of alkyl halides is 3. The quantitative estimate of drug-likeness (QED) is 0.868. The van der Waals surface area contributed by atoms with Gasteiger partial charge >= 0.3 is 6.18 Å². The molecule has 1 aromatic carbocycles. The molecule has 0 spiro atoms. The van der Waals surface area contributed by atoms with Crippen LogP contribution in [0.3, 0.4) is 0 Å². The van der Waals surface area contributed by atoms with Crippen LogP contribution in [0.4, 0.5) is 13.2 Å². The monoisotopic (exact) mass is 249 g/mol. The summed E-state index contributed by atoms with van der Waals surface area (Å²) in [6.07, 6.45) is -5.04. The van der Waals surface area contributed by atoms with Crippen molar-refractivity contribution in [2.75, 3.05) is 20.3 Å². The van der Waals surface area contributed by atoms with Gasteiger partial charge in [0, 0.05) is 13.7 Å². The highest BCUT2D eigenvalue weighted by atomic mass is 19.4. The van der Waals surface area contributed by atoms with Gasteiger partial charge < -0.3 is 15.2 Å². The van der Waals surface area contributed by atoms with Crippen LogP contribution in [0, 0.1) is 0 Å². The molecule has 0 radical (unpaired) electrons. The van der Waals surface area contributed by atoms with Crippen molar-refractivity contribution in [3.05, 3.63) is 29.8 Å². The van der Waals surface area contributed by atoms with Gasteiger partial charge in [0.05, 0.1) is 12.2 Å². The molecule has 1 atom stereocenters. The molecular formula is C11H14F3NO2. The smallest absolute Gasteiger partial charge is 0.419 e. The Balaban J connectivity index is 2.90. The molecule has 0 aliphatic carbocycles. The molecule has 0 bridgehead atoms. The summed E-state index contributed by atoms with van der Waals surface area (Å²) in [6, 6.07) is 5.02. The van der Waals surface area contributed by atoms with Gasteiger partial charge in [-0.25, -0.2) is 0 Å². The topological polar surface area (TPSA) is 44.5 Å². The van der Waals surface area contributed by atoms with Gasteiger partial charge in [-0.05, 0) is 12.1 Å². The minimum atomic E-state index is -4.44. The van der Waals surface area contributed by atoms with E-state index in [4.69, 9.17) is 15.2 Å². The third-order valence-corrected chi connectivity index (χ3v) is 2.10. The van der Waals surface area contributed by atoms with Crippen LogP contribution in [0.25, 0.3) is 0 Å². The molecule has 0 fully saturated rings. The molecule has 6 heteroatoms. The Kier molecular flexibility index (Phi) is 4.77. The number of nitrogens with two attached hydrogens (primary N) is 1. The fraction of sp³-hybridized carbons (Fsp3) is 0.455. The van der Waals surface area contributed by atoms with Crippen LogP contribution >= 0.6 is 0 Å². The molecule has 0 aromatic heterocycles. The SMILES string of the molecule is COCC(CN)Oc1ccccc1C(F)(F)F. The third-order valence-electron chi connectivity index (χ3n) is 2.10. The Hall–Kier alpha value is -1.27. The van der Waals surface area contributed by atoms with Crippen LogP contribution in [-0.2, 0) is 10.9 Å². The lowest BCUT2D eigenvalue weighted by Crippen LogP contribution is -2.31. The molecule has 17 heavy (non-hydrogen) atoms. The second-order valence-corrected chi connectivity index (χ2v) is 3.42. The van der Waals surface area contributed by atoms with Crippen molar-refractivity contribution in [3.63, 3.8) is 0 Å². The molecule has 3 nitrogen and oxygen atoms in total. The molecule has 0 heterocycles. The fourth-order valence-corrected chi connectivity index (χ4v) is 1.32. The van der Waals surface area contributed by atoms with Crippen molar-refractivity contribution in [3.8, 4) is 5.75 Å². The molecule has 0 saturated carbocycles. The number of para-hydroxylation sites is 1. The molecule has 0 aliphatic rings. The zero-order valence-corrected chi connectivity index (χ0v) is 9.33. The molecule has 1 unspecified atom stereocenters. The van der Waals surface area contributed by atoms with Gasteiger partial charge in [0.2, 0.25) is 0 Å². The van der Waals surface area contributed by atoms with Crippen LogP contribution in [0.15, 0.2) is 24.3 Å². The maximum absolute atomic E-state index is 12.6. The van der Waals surface area contributed by atoms with Crippen molar-refractivity contribution < 1.29 is 22.6 Å². The number of hydrogen-bond acceptors (Lipinski definition) is 3. The van der Waals surface area contributed by atoms with Crippen molar-refractivity contribution in [2.45, 2.75) is 12.3 Å². The highest BCUT2D eigenvalue weighted by Crippen LogP contribution is 2.36. The standard InChI is InChI=1S/C11H14F3NO2/c1-16-7-8(6-15)17-10-5-3-2-4-9(10)11(12,13)14/h2-5,8H,6-7,15H2,1H3. The van der Waals surface area contributed by atoms with Gasteiger partial charge in [0.25, 0.3) is 0 Å². The first-order chi connectivity index (χ1) is 7.99. The lowest BCUT2D eigenvalue weighted by Gasteiger charge is -2.19. The normalized spacial score (nSPS) is 13.5. The van der Waals surface area contributed by atoms with E-state index in [2.05, 4.69) is 0 Å². The molecule has 0 amide bonds. The third kappa shape index (κ3) is 3.90. The van der Waals surface area contributed by atoms with Gasteiger partial charge in [-0.1, -0.05) is 12.1 Å². The van der Waals surface area contributed by atoms with Crippen LogP contribution in [-0.4, -0.2) is 26.4 Å². The van der Waals surface area contributed by atoms with E-state index in [9.17, 15) is 13.2 Å². The second-order valence-electron chi connectivity index (χ2n) is 3.42. The molecule has 2 N–H and O–H groups in total. The van der Waals surface area contributed by atoms with Crippen LogP contribution in [0.2, 0.25) is 0 Å². The lowest BCUT2D eigenvalue weighted by molar-refractivity contribution is -0.139. The van der Waals surface area contributed by atoms with E-state index in [1.165, 1.54) is 25.3 Å². The Labute approximate surface area is 97.3 Å². The first kappa shape index (κ1) is 13.8. The van der Waals surface area contributed by atoms with E-state index < -0.39 is 17.8 Å². The Morgan fingerprint density at radius 3 is 2.47 bits per heavy atom. The minimum absolute atomic E-state index is 0.0834. The van der Waals surface area contributed by atoms with E-state index in [1.54, 1.807) is 0 Å². The summed E-state index contributed by atoms with van der Waals surface area (Å²) in [5.41, 5.74) is 4.57. The van der Waals surface area contributed by atoms with E-state index in [-0.39, 0.29) is 18.9 Å². The van der Waals surface area contributed by atoms with Gasteiger partial charge in [-0.3, -0.25) is 0 Å². The Morgan fingerprint density at radius 2 is 1.94 bits per heavy atom. The van der Waals surface area contributed by atoms with E-state index in [0.717, 1.165) is 6.07 Å². The van der Waals surface area contributed by atoms with Crippen molar-refractivity contribution in [1.29, 1.82) is 0 Å². The Bertz CT molecular complexity index is 355. The number of hydrogen-bond donors (Lipinski definition) is 1. The van der Waals surface area contributed by atoms with Crippen LogP contribution in [0.1, 0.15) is 5.56 Å². The summed E-state index contributed by atoms with van der Waals surface area (Å²) in [5, 5.41) is 0. The lowest BCUT2D eigenvalue weighted by atomic mass is 10.2. The number of halogens is 3. The average Bonchev–Trinajstić information content (AvgIpc) is 2.27. The fourth-order valence-electron chi connectivity index (χ4n) is 1.32. The number of methoxy groups -OCH3 is 1. The predicted molar refractivity (Wildman–Crippen MR) is 56.8 cm³/mol. The zero-order valence-electron chi connectivity index (χ0n) is 9.33.